The van der Waals surface area contributed by atoms with Gasteiger partial charge in [0.25, 0.3) is 11.5 Å². The third kappa shape index (κ3) is 6.98. The van der Waals surface area contributed by atoms with E-state index >= 15 is 0 Å². The molecule has 1 aromatic heterocycles. The third-order valence-electron chi connectivity index (χ3n) is 7.58. The number of nitrogens with zero attached hydrogens (tertiary/aromatic N) is 3. The minimum Gasteiger partial charge on any atom is -0.496 e. The Labute approximate surface area is 275 Å². The summed E-state index contributed by atoms with van der Waals surface area (Å²) in [5.41, 5.74) is 1.70. The van der Waals surface area contributed by atoms with Gasteiger partial charge in [0.05, 0.1) is 49.8 Å². The van der Waals surface area contributed by atoms with Gasteiger partial charge in [-0.15, -0.1) is 0 Å². The van der Waals surface area contributed by atoms with Crippen molar-refractivity contribution in [2.75, 3.05) is 53.7 Å². The molecule has 0 bridgehead atoms. The first-order chi connectivity index (χ1) is 22.3. The zero-order chi connectivity index (χ0) is 32.8. The predicted octanol–water partition coefficient (Wildman–Crippen LogP) is 3.49. The van der Waals surface area contributed by atoms with Crippen molar-refractivity contribution < 1.29 is 33.3 Å². The second-order valence-electron chi connectivity index (χ2n) is 10.5. The van der Waals surface area contributed by atoms with Crippen LogP contribution in [0.15, 0.2) is 57.5 Å². The van der Waals surface area contributed by atoms with Crippen molar-refractivity contribution in [3.05, 3.63) is 83.5 Å². The number of ether oxygens (including phenoxy) is 5. The standard InChI is InChI=1S/C33H36ClN3O8S/c1-5-7-23-29(32(40)44-6-2)30(22-18-21(34)9-11-24(22)41-3)37-31(39)27(46-33(37)35-23)17-20-8-10-25(26(16-20)42-4)45-19-28(38)36-12-14-43-15-13-36/h8-11,16-18,30H,5-7,12-15,19H2,1-4H3/b27-17-/t30-/m1/s1. The van der Waals surface area contributed by atoms with E-state index in [4.69, 9.17) is 40.3 Å². The van der Waals surface area contributed by atoms with E-state index in [-0.39, 0.29) is 30.3 Å². The van der Waals surface area contributed by atoms with Gasteiger partial charge in [0, 0.05) is 23.7 Å². The molecule has 11 nitrogen and oxygen atoms in total. The zero-order valence-corrected chi connectivity index (χ0v) is 27.7. The van der Waals surface area contributed by atoms with Crippen LogP contribution in [-0.4, -0.2) is 75.1 Å². The van der Waals surface area contributed by atoms with E-state index in [2.05, 4.69) is 0 Å². The molecule has 0 radical (unpaired) electrons. The molecular weight excluding hydrogens is 634 g/mol. The van der Waals surface area contributed by atoms with Gasteiger partial charge >= 0.3 is 5.97 Å². The fourth-order valence-electron chi connectivity index (χ4n) is 5.42. The Kier molecular flexibility index (Phi) is 10.8. The summed E-state index contributed by atoms with van der Waals surface area (Å²) in [6, 6.07) is 9.43. The number of amides is 1. The number of fused-ring (bicyclic) bond motifs is 1. The molecule has 3 heterocycles. The van der Waals surface area contributed by atoms with Gasteiger partial charge in [-0.25, -0.2) is 9.79 Å². The second-order valence-corrected chi connectivity index (χ2v) is 11.9. The number of allylic oxidation sites excluding steroid dienone is 1. The number of rotatable bonds is 11. The van der Waals surface area contributed by atoms with Gasteiger partial charge in [-0.1, -0.05) is 42.3 Å². The Morgan fingerprint density at radius 1 is 1.07 bits per heavy atom. The first kappa shape index (κ1) is 33.2. The molecule has 46 heavy (non-hydrogen) atoms. The van der Waals surface area contributed by atoms with Crippen LogP contribution in [0.1, 0.15) is 43.9 Å². The highest BCUT2D eigenvalue weighted by Gasteiger charge is 2.36. The molecule has 0 spiro atoms. The zero-order valence-electron chi connectivity index (χ0n) is 26.2. The highest BCUT2D eigenvalue weighted by molar-refractivity contribution is 7.07. The van der Waals surface area contributed by atoms with Crippen LogP contribution in [0.3, 0.4) is 0 Å². The first-order valence-electron chi connectivity index (χ1n) is 15.0. The van der Waals surface area contributed by atoms with Gasteiger partial charge in [-0.3, -0.25) is 14.2 Å². The smallest absolute Gasteiger partial charge is 0.338 e. The summed E-state index contributed by atoms with van der Waals surface area (Å²) in [5, 5.41) is 0.427. The number of morpholine rings is 1. The number of hydrogen-bond acceptors (Lipinski definition) is 10. The molecule has 2 aliphatic heterocycles. The molecule has 2 aromatic carbocycles. The molecule has 3 aromatic rings. The minimum atomic E-state index is -0.873. The molecule has 244 valence electrons. The fourth-order valence-corrected chi connectivity index (χ4v) is 6.62. The number of methoxy groups -OCH3 is 2. The molecule has 1 amide bonds. The Hall–Kier alpha value is -4.13. The average Bonchev–Trinajstić information content (AvgIpc) is 3.37. The maximum atomic E-state index is 14.2. The third-order valence-corrected chi connectivity index (χ3v) is 8.80. The highest BCUT2D eigenvalue weighted by Crippen LogP contribution is 2.38. The fraction of sp³-hybridized carbons (Fsp3) is 0.394. The number of carbonyl (C=O) groups is 2. The topological polar surface area (TPSA) is 118 Å². The quantitative estimate of drug-likeness (QED) is 0.285. The van der Waals surface area contributed by atoms with Crippen LogP contribution < -0.4 is 29.1 Å². The maximum Gasteiger partial charge on any atom is 0.338 e. The lowest BCUT2D eigenvalue weighted by molar-refractivity contribution is -0.139. The van der Waals surface area contributed by atoms with Crippen molar-refractivity contribution in [1.29, 1.82) is 0 Å². The van der Waals surface area contributed by atoms with E-state index in [1.807, 2.05) is 6.92 Å². The van der Waals surface area contributed by atoms with Gasteiger partial charge in [0.2, 0.25) is 0 Å². The molecule has 1 atom stereocenters. The highest BCUT2D eigenvalue weighted by atomic mass is 35.5. The number of aromatic nitrogens is 1. The Bertz CT molecular complexity index is 1830. The maximum absolute atomic E-state index is 14.2. The summed E-state index contributed by atoms with van der Waals surface area (Å²) >= 11 is 7.64. The van der Waals surface area contributed by atoms with Crippen molar-refractivity contribution in [3.63, 3.8) is 0 Å². The van der Waals surface area contributed by atoms with Crippen molar-refractivity contribution >= 4 is 40.9 Å². The molecule has 1 saturated heterocycles. The van der Waals surface area contributed by atoms with Crippen LogP contribution in [0.5, 0.6) is 17.2 Å². The SMILES string of the molecule is CCCC1=C(C(=O)OCC)[C@@H](c2cc(Cl)ccc2OC)n2c(s/c(=C\c3ccc(OCC(=O)N4CCOCC4)c(OC)c3)c2=O)=N1. The van der Waals surface area contributed by atoms with Crippen LogP contribution in [-0.2, 0) is 19.1 Å². The van der Waals surface area contributed by atoms with Crippen molar-refractivity contribution in [3.8, 4) is 17.2 Å². The summed E-state index contributed by atoms with van der Waals surface area (Å²) in [5.74, 6) is 0.595. The predicted molar refractivity (Wildman–Crippen MR) is 174 cm³/mol. The Morgan fingerprint density at radius 3 is 2.50 bits per heavy atom. The van der Waals surface area contributed by atoms with E-state index in [1.165, 1.54) is 30.1 Å². The summed E-state index contributed by atoms with van der Waals surface area (Å²) in [6.45, 7) is 5.82. The van der Waals surface area contributed by atoms with Crippen LogP contribution in [0, 0.1) is 0 Å². The number of benzene rings is 2. The van der Waals surface area contributed by atoms with Crippen LogP contribution in [0.4, 0.5) is 0 Å². The summed E-state index contributed by atoms with van der Waals surface area (Å²) in [4.78, 5) is 47.1. The van der Waals surface area contributed by atoms with Crippen molar-refractivity contribution in [2.24, 2.45) is 4.99 Å². The first-order valence-corrected chi connectivity index (χ1v) is 16.2. The van der Waals surface area contributed by atoms with E-state index in [1.54, 1.807) is 54.3 Å². The average molecular weight is 670 g/mol. The van der Waals surface area contributed by atoms with Crippen LogP contribution in [0.2, 0.25) is 5.02 Å². The molecule has 0 saturated carbocycles. The summed E-state index contributed by atoms with van der Waals surface area (Å²) in [7, 11) is 3.03. The van der Waals surface area contributed by atoms with Crippen molar-refractivity contribution in [2.45, 2.75) is 32.7 Å². The lowest BCUT2D eigenvalue weighted by Crippen LogP contribution is -2.43. The van der Waals surface area contributed by atoms with Crippen LogP contribution in [0.25, 0.3) is 6.08 Å². The largest absolute Gasteiger partial charge is 0.496 e. The number of hydrogen-bond donors (Lipinski definition) is 0. The van der Waals surface area contributed by atoms with Gasteiger partial charge in [0.15, 0.2) is 22.9 Å². The van der Waals surface area contributed by atoms with Gasteiger partial charge in [-0.2, -0.15) is 0 Å². The summed E-state index contributed by atoms with van der Waals surface area (Å²) < 4.78 is 29.7. The number of esters is 1. The van der Waals surface area contributed by atoms with Gasteiger partial charge in [-0.05, 0) is 55.3 Å². The monoisotopic (exact) mass is 669 g/mol. The molecule has 13 heteroatoms. The molecule has 0 N–H and O–H groups in total. The molecular formula is C33H36ClN3O8S. The molecule has 0 unspecified atom stereocenters. The second kappa shape index (κ2) is 15.0. The number of thiazole rings is 1. The van der Waals surface area contributed by atoms with E-state index in [9.17, 15) is 14.4 Å². The van der Waals surface area contributed by atoms with Gasteiger partial charge < -0.3 is 28.6 Å². The Balaban J connectivity index is 1.57. The molecule has 0 aliphatic carbocycles. The van der Waals surface area contributed by atoms with Gasteiger partial charge in [0.1, 0.15) is 11.8 Å². The molecule has 2 aliphatic rings. The normalized spacial score (nSPS) is 16.5. The lowest BCUT2D eigenvalue weighted by atomic mass is 9.93. The molecule has 5 rings (SSSR count). The number of halogens is 1. The van der Waals surface area contributed by atoms with E-state index in [0.717, 1.165) is 6.42 Å². The molecule has 1 fully saturated rings. The minimum absolute atomic E-state index is 0.133. The summed E-state index contributed by atoms with van der Waals surface area (Å²) in [6.07, 6.45) is 2.96. The van der Waals surface area contributed by atoms with Crippen LogP contribution >= 0.6 is 22.9 Å². The van der Waals surface area contributed by atoms with E-state index in [0.29, 0.717) is 81.2 Å². The van der Waals surface area contributed by atoms with E-state index < -0.39 is 12.0 Å². The number of carbonyl (C=O) groups excluding carboxylic acids is 2. The van der Waals surface area contributed by atoms with Crippen molar-refractivity contribution in [1.82, 2.24) is 9.47 Å². The Morgan fingerprint density at radius 2 is 1.80 bits per heavy atom. The lowest BCUT2D eigenvalue weighted by Gasteiger charge is -2.27.